The number of hydrogen-bond donors (Lipinski definition) is 2. The lowest BCUT2D eigenvalue weighted by atomic mass is 9.73. The van der Waals surface area contributed by atoms with Crippen molar-refractivity contribution in [2.45, 2.75) is 43.7 Å². The summed E-state index contributed by atoms with van der Waals surface area (Å²) in [6.07, 6.45) is 7.27. The van der Waals surface area contributed by atoms with Crippen molar-refractivity contribution in [3.8, 4) is 28.3 Å². The number of nitrogens with two attached hydrogens (primary N) is 2. The number of nitrogen functional groups attached to an aromatic ring is 1. The van der Waals surface area contributed by atoms with Crippen LogP contribution in [0.25, 0.3) is 39.5 Å². The number of halogens is 1. The van der Waals surface area contributed by atoms with Gasteiger partial charge in [0.05, 0.1) is 11.3 Å². The minimum atomic E-state index is -0.218. The Bertz CT molecular complexity index is 1730. The first-order valence-corrected chi connectivity index (χ1v) is 14.9. The smallest absolute Gasteiger partial charge is 0.165 e. The molecule has 1 aliphatic carbocycles. The number of anilines is 2. The normalized spacial score (nSPS) is 16.7. The molecule has 5 aromatic rings. The molecule has 7 rings (SSSR count). The summed E-state index contributed by atoms with van der Waals surface area (Å²) in [5, 5.41) is 0. The molecule has 0 bridgehead atoms. The van der Waals surface area contributed by atoms with E-state index in [9.17, 15) is 0 Å². The molecule has 2 fully saturated rings. The summed E-state index contributed by atoms with van der Waals surface area (Å²) in [7, 11) is 4.36. The van der Waals surface area contributed by atoms with Gasteiger partial charge in [0.2, 0.25) is 0 Å². The maximum atomic E-state index is 6.63. The molecule has 2 aliphatic rings. The Balaban J connectivity index is 0.00000329. The van der Waals surface area contributed by atoms with E-state index in [1.807, 2.05) is 12.1 Å². The van der Waals surface area contributed by atoms with Gasteiger partial charge in [0.15, 0.2) is 11.5 Å². The minimum Gasteiger partial charge on any atom is -0.383 e. The van der Waals surface area contributed by atoms with E-state index in [2.05, 4.69) is 94.1 Å². The number of fused-ring (bicyclic) bond motifs is 1. The summed E-state index contributed by atoms with van der Waals surface area (Å²) < 4.78 is 2.09. The monoisotopic (exact) mass is 594 g/mol. The van der Waals surface area contributed by atoms with Gasteiger partial charge in [-0.05, 0) is 100 Å². The summed E-state index contributed by atoms with van der Waals surface area (Å²) in [6, 6.07) is 25.9. The van der Waals surface area contributed by atoms with Crippen LogP contribution >= 0.6 is 12.4 Å². The lowest BCUT2D eigenvalue weighted by Gasteiger charge is -2.38. The Kier molecular flexibility index (Phi) is 7.85. The first-order chi connectivity index (χ1) is 20.4. The van der Waals surface area contributed by atoms with E-state index in [1.165, 1.54) is 30.5 Å². The molecule has 43 heavy (non-hydrogen) atoms. The lowest BCUT2D eigenvalue weighted by molar-refractivity contribution is 0.249. The van der Waals surface area contributed by atoms with E-state index in [1.54, 1.807) is 6.20 Å². The summed E-state index contributed by atoms with van der Waals surface area (Å²) in [5.74, 6) is 1.16. The molecule has 4 N–H and O–H groups in total. The number of benzene rings is 2. The summed E-state index contributed by atoms with van der Waals surface area (Å²) in [6.45, 7) is 2.11. The van der Waals surface area contributed by atoms with Crippen molar-refractivity contribution in [1.29, 1.82) is 0 Å². The van der Waals surface area contributed by atoms with Crippen LogP contribution in [-0.2, 0) is 5.54 Å². The van der Waals surface area contributed by atoms with Crippen LogP contribution in [0.1, 0.15) is 37.7 Å². The molecule has 9 heteroatoms. The van der Waals surface area contributed by atoms with Crippen molar-refractivity contribution < 1.29 is 0 Å². The number of piperidine rings is 1. The average molecular weight is 595 g/mol. The van der Waals surface area contributed by atoms with E-state index in [-0.39, 0.29) is 17.9 Å². The van der Waals surface area contributed by atoms with Gasteiger partial charge in [-0.2, -0.15) is 0 Å². The standard InChI is InChI=1S/C34H38N8.ClH/c1-40(2)25-15-20-41(21-16-25)27-7-3-6-23(22-27)29-13-14-30-33(38-29)42(32(39-30)28-8-4-19-37-31(28)35)26-11-9-24(10-12-26)34(36)17-5-18-34;/h3-4,6-14,19,22,25H,5,15-18,20-21,36H2,1-2H3,(H2,35,37);1H. The topological polar surface area (TPSA) is 102 Å². The molecule has 0 amide bonds. The third-order valence-corrected chi connectivity index (χ3v) is 9.23. The molecule has 8 nitrogen and oxygen atoms in total. The molecule has 1 saturated heterocycles. The molecule has 1 aliphatic heterocycles. The SMILES string of the molecule is CN(C)C1CCN(c2cccc(-c3ccc4nc(-c5cccnc5N)n(-c5ccc(C6(N)CCC6)cc5)c4n3)c2)CC1.Cl. The highest BCUT2D eigenvalue weighted by Crippen LogP contribution is 2.39. The third kappa shape index (κ3) is 5.35. The van der Waals surface area contributed by atoms with Crippen molar-refractivity contribution in [3.63, 3.8) is 0 Å². The second kappa shape index (κ2) is 11.6. The Morgan fingerprint density at radius 2 is 1.65 bits per heavy atom. The van der Waals surface area contributed by atoms with E-state index >= 15 is 0 Å². The molecule has 0 spiro atoms. The van der Waals surface area contributed by atoms with E-state index in [0.29, 0.717) is 11.9 Å². The van der Waals surface area contributed by atoms with Crippen LogP contribution in [0.2, 0.25) is 0 Å². The Morgan fingerprint density at radius 1 is 0.884 bits per heavy atom. The fourth-order valence-corrected chi connectivity index (χ4v) is 6.44. The second-order valence-corrected chi connectivity index (χ2v) is 12.0. The molecule has 3 aromatic heterocycles. The van der Waals surface area contributed by atoms with Crippen LogP contribution in [0.3, 0.4) is 0 Å². The largest absolute Gasteiger partial charge is 0.383 e. The summed E-state index contributed by atoms with van der Waals surface area (Å²) >= 11 is 0. The Labute approximate surface area is 259 Å². The quantitative estimate of drug-likeness (QED) is 0.248. The predicted molar refractivity (Wildman–Crippen MR) is 178 cm³/mol. The van der Waals surface area contributed by atoms with Crippen LogP contribution in [-0.4, -0.2) is 57.6 Å². The molecule has 0 atom stereocenters. The van der Waals surface area contributed by atoms with Crippen LogP contribution in [0.15, 0.2) is 79.0 Å². The average Bonchev–Trinajstić information content (AvgIpc) is 3.39. The van der Waals surface area contributed by atoms with Gasteiger partial charge in [-0.15, -0.1) is 12.4 Å². The second-order valence-electron chi connectivity index (χ2n) is 12.0. The third-order valence-electron chi connectivity index (χ3n) is 9.23. The van der Waals surface area contributed by atoms with Gasteiger partial charge in [-0.25, -0.2) is 15.0 Å². The summed E-state index contributed by atoms with van der Waals surface area (Å²) in [4.78, 5) is 19.4. The fraction of sp³-hybridized carbons (Fsp3) is 0.324. The van der Waals surface area contributed by atoms with Crippen molar-refractivity contribution in [2.75, 3.05) is 37.8 Å². The maximum Gasteiger partial charge on any atom is 0.165 e. The molecule has 4 heterocycles. The van der Waals surface area contributed by atoms with Gasteiger partial charge in [0, 0.05) is 47.8 Å². The van der Waals surface area contributed by atoms with E-state index in [0.717, 1.165) is 65.4 Å². The number of hydrogen-bond acceptors (Lipinski definition) is 7. The van der Waals surface area contributed by atoms with Crippen LogP contribution < -0.4 is 16.4 Å². The van der Waals surface area contributed by atoms with Crippen LogP contribution in [0, 0.1) is 0 Å². The number of pyridine rings is 2. The molecule has 1 saturated carbocycles. The highest BCUT2D eigenvalue weighted by molar-refractivity contribution is 5.85. The van der Waals surface area contributed by atoms with Crippen molar-refractivity contribution >= 4 is 35.1 Å². The van der Waals surface area contributed by atoms with Crippen molar-refractivity contribution in [2.24, 2.45) is 5.73 Å². The number of aromatic nitrogens is 4. The van der Waals surface area contributed by atoms with Gasteiger partial charge in [0.1, 0.15) is 11.3 Å². The zero-order valence-electron chi connectivity index (χ0n) is 24.8. The number of imidazole rings is 1. The minimum absolute atomic E-state index is 0. The Hall–Kier alpha value is -3.98. The van der Waals surface area contributed by atoms with Crippen molar-refractivity contribution in [1.82, 2.24) is 24.4 Å². The van der Waals surface area contributed by atoms with Crippen LogP contribution in [0.5, 0.6) is 0 Å². The zero-order chi connectivity index (χ0) is 28.8. The van der Waals surface area contributed by atoms with Gasteiger partial charge >= 0.3 is 0 Å². The molecule has 0 unspecified atom stereocenters. The molecular weight excluding hydrogens is 556 g/mol. The molecule has 0 radical (unpaired) electrons. The number of rotatable bonds is 6. The summed E-state index contributed by atoms with van der Waals surface area (Å²) in [5.41, 5.74) is 20.5. The van der Waals surface area contributed by atoms with Gasteiger partial charge in [-0.3, -0.25) is 4.57 Å². The van der Waals surface area contributed by atoms with E-state index < -0.39 is 0 Å². The molecule has 222 valence electrons. The predicted octanol–water partition coefficient (Wildman–Crippen LogP) is 6.02. The highest BCUT2D eigenvalue weighted by atomic mass is 35.5. The van der Waals surface area contributed by atoms with Crippen LogP contribution in [0.4, 0.5) is 11.5 Å². The first kappa shape index (κ1) is 29.1. The fourth-order valence-electron chi connectivity index (χ4n) is 6.44. The first-order valence-electron chi connectivity index (χ1n) is 14.9. The zero-order valence-corrected chi connectivity index (χ0v) is 25.6. The highest BCUT2D eigenvalue weighted by Gasteiger charge is 2.34. The number of nitrogens with zero attached hydrogens (tertiary/aromatic N) is 6. The van der Waals surface area contributed by atoms with Gasteiger partial charge < -0.3 is 21.3 Å². The lowest BCUT2D eigenvalue weighted by Crippen LogP contribution is -2.43. The molecule has 2 aromatic carbocycles. The van der Waals surface area contributed by atoms with Gasteiger partial charge in [0.25, 0.3) is 0 Å². The van der Waals surface area contributed by atoms with E-state index in [4.69, 9.17) is 21.4 Å². The van der Waals surface area contributed by atoms with Crippen molar-refractivity contribution in [3.05, 3.63) is 84.6 Å². The maximum absolute atomic E-state index is 6.63. The van der Waals surface area contributed by atoms with Gasteiger partial charge in [-0.1, -0.05) is 24.3 Å². The Morgan fingerprint density at radius 3 is 2.33 bits per heavy atom. The molecular formula is C34H39ClN8.